The molecule has 0 spiro atoms. The lowest BCUT2D eigenvalue weighted by molar-refractivity contribution is 0.0593. The molecule has 86 valence electrons. The van der Waals surface area contributed by atoms with Crippen LogP contribution in [0, 0.1) is 0 Å². The number of benzene rings is 1. The summed E-state index contributed by atoms with van der Waals surface area (Å²) in [5, 5.41) is 0.658. The van der Waals surface area contributed by atoms with Gasteiger partial charge in [-0.25, -0.2) is 0 Å². The molecule has 1 heterocycles. The van der Waals surface area contributed by atoms with E-state index in [1.165, 1.54) is 11.8 Å². The lowest BCUT2D eigenvalue weighted by Gasteiger charge is -2.26. The summed E-state index contributed by atoms with van der Waals surface area (Å²) >= 11 is 7.17. The van der Waals surface area contributed by atoms with Crippen LogP contribution in [0.3, 0.4) is 0 Å². The molecule has 0 bridgehead atoms. The Balaban J connectivity index is 1.99. The SMILES string of the molecule is O=C(Sc1ccccc1Cl)N1CCOCC1. The zero-order chi connectivity index (χ0) is 11.4. The summed E-state index contributed by atoms with van der Waals surface area (Å²) in [5.41, 5.74) is 0. The average Bonchev–Trinajstić information content (AvgIpc) is 2.33. The van der Waals surface area contributed by atoms with E-state index in [0.717, 1.165) is 4.90 Å². The lowest BCUT2D eigenvalue weighted by atomic mass is 10.4. The van der Waals surface area contributed by atoms with Crippen molar-refractivity contribution in [2.45, 2.75) is 4.90 Å². The molecular weight excluding hydrogens is 246 g/mol. The van der Waals surface area contributed by atoms with Crippen LogP contribution in [0.2, 0.25) is 5.02 Å². The van der Waals surface area contributed by atoms with Gasteiger partial charge < -0.3 is 9.64 Å². The Morgan fingerprint density at radius 3 is 2.69 bits per heavy atom. The molecule has 0 radical (unpaired) electrons. The van der Waals surface area contributed by atoms with Gasteiger partial charge in [0.15, 0.2) is 0 Å². The van der Waals surface area contributed by atoms with Gasteiger partial charge in [-0.3, -0.25) is 4.79 Å². The van der Waals surface area contributed by atoms with Gasteiger partial charge in [-0.1, -0.05) is 23.7 Å². The number of amides is 1. The number of nitrogens with zero attached hydrogens (tertiary/aromatic N) is 1. The highest BCUT2D eigenvalue weighted by Crippen LogP contribution is 2.28. The molecule has 0 saturated carbocycles. The molecule has 5 heteroatoms. The van der Waals surface area contributed by atoms with E-state index in [1.807, 2.05) is 18.2 Å². The van der Waals surface area contributed by atoms with Crippen molar-refractivity contribution in [3.8, 4) is 0 Å². The predicted molar refractivity (Wildman–Crippen MR) is 65.1 cm³/mol. The minimum Gasteiger partial charge on any atom is -0.378 e. The van der Waals surface area contributed by atoms with E-state index in [4.69, 9.17) is 16.3 Å². The molecule has 16 heavy (non-hydrogen) atoms. The summed E-state index contributed by atoms with van der Waals surface area (Å²) in [6.45, 7) is 2.57. The maximum absolute atomic E-state index is 11.9. The second-order valence-electron chi connectivity index (χ2n) is 3.40. The van der Waals surface area contributed by atoms with Crippen LogP contribution in [0.1, 0.15) is 0 Å². The van der Waals surface area contributed by atoms with Crippen molar-refractivity contribution in [2.75, 3.05) is 26.3 Å². The van der Waals surface area contributed by atoms with Crippen molar-refractivity contribution in [2.24, 2.45) is 0 Å². The summed E-state index contributed by atoms with van der Waals surface area (Å²) in [4.78, 5) is 14.5. The molecule has 0 N–H and O–H groups in total. The van der Waals surface area contributed by atoms with E-state index in [1.54, 1.807) is 11.0 Å². The summed E-state index contributed by atoms with van der Waals surface area (Å²) in [5.74, 6) is 0. The first-order valence-corrected chi connectivity index (χ1v) is 6.26. The molecule has 2 rings (SSSR count). The number of rotatable bonds is 1. The normalized spacial score (nSPS) is 16.2. The van der Waals surface area contributed by atoms with Crippen LogP contribution in [0.25, 0.3) is 0 Å². The molecule has 1 aromatic carbocycles. The maximum atomic E-state index is 11.9. The van der Waals surface area contributed by atoms with Gasteiger partial charge in [0.25, 0.3) is 5.24 Å². The van der Waals surface area contributed by atoms with E-state index in [9.17, 15) is 4.79 Å². The quantitative estimate of drug-likeness (QED) is 0.725. The number of morpholine rings is 1. The van der Waals surface area contributed by atoms with Crippen molar-refractivity contribution < 1.29 is 9.53 Å². The van der Waals surface area contributed by atoms with Gasteiger partial charge in [-0.15, -0.1) is 0 Å². The Morgan fingerprint density at radius 1 is 1.31 bits per heavy atom. The van der Waals surface area contributed by atoms with Gasteiger partial charge in [0.1, 0.15) is 0 Å². The van der Waals surface area contributed by atoms with Crippen LogP contribution in [-0.2, 0) is 4.74 Å². The van der Waals surface area contributed by atoms with Crippen molar-refractivity contribution in [3.63, 3.8) is 0 Å². The fraction of sp³-hybridized carbons (Fsp3) is 0.364. The number of carbonyl (C=O) groups is 1. The third-order valence-electron chi connectivity index (χ3n) is 2.30. The van der Waals surface area contributed by atoms with Crippen LogP contribution in [0.5, 0.6) is 0 Å². The first-order chi connectivity index (χ1) is 7.77. The van der Waals surface area contributed by atoms with Gasteiger partial charge in [0, 0.05) is 18.0 Å². The Bertz CT molecular complexity index is 380. The number of halogens is 1. The topological polar surface area (TPSA) is 29.5 Å². The molecule has 0 atom stereocenters. The third-order valence-corrected chi connectivity index (χ3v) is 3.75. The molecule has 3 nitrogen and oxygen atoms in total. The smallest absolute Gasteiger partial charge is 0.286 e. The first-order valence-electron chi connectivity index (χ1n) is 5.06. The van der Waals surface area contributed by atoms with Gasteiger partial charge in [-0.2, -0.15) is 0 Å². The molecule has 0 aliphatic carbocycles. The maximum Gasteiger partial charge on any atom is 0.286 e. The first kappa shape index (κ1) is 11.8. The number of hydrogen-bond donors (Lipinski definition) is 0. The van der Waals surface area contributed by atoms with E-state index in [-0.39, 0.29) is 5.24 Å². The molecule has 1 fully saturated rings. The van der Waals surface area contributed by atoms with Crippen LogP contribution >= 0.6 is 23.4 Å². The fourth-order valence-corrected chi connectivity index (χ4v) is 2.50. The van der Waals surface area contributed by atoms with Crippen molar-refractivity contribution >= 4 is 28.6 Å². The third kappa shape index (κ3) is 2.90. The molecule has 0 unspecified atom stereocenters. The molecule has 1 aliphatic heterocycles. The second-order valence-corrected chi connectivity index (χ2v) is 4.80. The van der Waals surface area contributed by atoms with E-state index in [2.05, 4.69) is 0 Å². The van der Waals surface area contributed by atoms with E-state index < -0.39 is 0 Å². The summed E-state index contributed by atoms with van der Waals surface area (Å²) < 4.78 is 5.19. The summed E-state index contributed by atoms with van der Waals surface area (Å²) in [6, 6.07) is 7.37. The highest BCUT2D eigenvalue weighted by molar-refractivity contribution is 8.13. The Hall–Kier alpha value is -0.710. The largest absolute Gasteiger partial charge is 0.378 e. The predicted octanol–water partition coefficient (Wildman–Crippen LogP) is 2.88. The zero-order valence-electron chi connectivity index (χ0n) is 8.69. The molecule has 1 aromatic rings. The molecule has 1 saturated heterocycles. The Morgan fingerprint density at radius 2 is 2.00 bits per heavy atom. The van der Waals surface area contributed by atoms with E-state index >= 15 is 0 Å². The van der Waals surface area contributed by atoms with Crippen molar-refractivity contribution in [1.29, 1.82) is 0 Å². The van der Waals surface area contributed by atoms with Crippen LogP contribution in [0.15, 0.2) is 29.2 Å². The highest BCUT2D eigenvalue weighted by atomic mass is 35.5. The van der Waals surface area contributed by atoms with Gasteiger partial charge in [0.2, 0.25) is 0 Å². The second kappa shape index (κ2) is 5.57. The molecule has 0 aromatic heterocycles. The molecule has 1 amide bonds. The number of carbonyl (C=O) groups excluding carboxylic acids is 1. The van der Waals surface area contributed by atoms with Gasteiger partial charge in [-0.05, 0) is 23.9 Å². The van der Waals surface area contributed by atoms with Crippen molar-refractivity contribution in [3.05, 3.63) is 29.3 Å². The van der Waals surface area contributed by atoms with Crippen molar-refractivity contribution in [1.82, 2.24) is 4.90 Å². The number of thioether (sulfide) groups is 1. The summed E-state index contributed by atoms with van der Waals surface area (Å²) in [6.07, 6.45) is 0. The standard InChI is InChI=1S/C11H12ClNO2S/c12-9-3-1-2-4-10(9)16-11(14)13-5-7-15-8-6-13/h1-4H,5-8H2. The summed E-state index contributed by atoms with van der Waals surface area (Å²) in [7, 11) is 0. The van der Waals surface area contributed by atoms with Crippen LogP contribution < -0.4 is 0 Å². The van der Waals surface area contributed by atoms with Gasteiger partial charge in [0.05, 0.1) is 18.2 Å². The van der Waals surface area contributed by atoms with Crippen LogP contribution in [-0.4, -0.2) is 36.4 Å². The Kier molecular flexibility index (Phi) is 4.09. The minimum absolute atomic E-state index is 0.0383. The lowest BCUT2D eigenvalue weighted by Crippen LogP contribution is -2.38. The minimum atomic E-state index is 0.0383. The zero-order valence-corrected chi connectivity index (χ0v) is 10.3. The highest BCUT2D eigenvalue weighted by Gasteiger charge is 2.18. The van der Waals surface area contributed by atoms with Crippen LogP contribution in [0.4, 0.5) is 4.79 Å². The fourth-order valence-electron chi connectivity index (χ4n) is 1.43. The molecule has 1 aliphatic rings. The van der Waals surface area contributed by atoms with Gasteiger partial charge >= 0.3 is 0 Å². The average molecular weight is 258 g/mol. The monoisotopic (exact) mass is 257 g/mol. The molecular formula is C11H12ClNO2S. The van der Waals surface area contributed by atoms with E-state index in [0.29, 0.717) is 31.3 Å². The number of hydrogen-bond acceptors (Lipinski definition) is 3. The Labute approximate surface area is 104 Å². The number of ether oxygens (including phenoxy) is 1.